The molecule has 0 unspecified atom stereocenters. The van der Waals surface area contributed by atoms with Crippen LogP contribution in [-0.2, 0) is 20.3 Å². The van der Waals surface area contributed by atoms with Crippen LogP contribution in [0.5, 0.6) is 0 Å². The van der Waals surface area contributed by atoms with Gasteiger partial charge >= 0.3 is 12.0 Å². The lowest BCUT2D eigenvalue weighted by atomic mass is 10.2. The van der Waals surface area contributed by atoms with Crippen LogP contribution in [0.1, 0.15) is 11.4 Å². The third-order valence-corrected chi connectivity index (χ3v) is 2.74. The fraction of sp³-hybridized carbons (Fsp3) is 0.364. The molecule has 2 rings (SSSR count). The highest BCUT2D eigenvalue weighted by atomic mass is 35.5. The number of hydrogen-bond donors (Lipinski definition) is 0. The average Bonchev–Trinajstić information content (AvgIpc) is 2.38. The maximum Gasteiger partial charge on any atom is 0.495 e. The van der Waals surface area contributed by atoms with E-state index in [1.165, 1.54) is 23.2 Å². The highest BCUT2D eigenvalue weighted by molar-refractivity contribution is 5.73. The highest BCUT2D eigenvalue weighted by Crippen LogP contribution is 2.29. The van der Waals surface area contributed by atoms with E-state index in [0.29, 0.717) is 11.0 Å². The molecule has 1 aromatic carbocycles. The quantitative estimate of drug-likeness (QED) is 0.559. The van der Waals surface area contributed by atoms with Crippen molar-refractivity contribution in [2.24, 2.45) is 14.1 Å². The predicted octanol–water partition coefficient (Wildman–Crippen LogP) is -0.666. The number of aromatic nitrogens is 2. The average molecular weight is 265 g/mol. The molecule has 0 bridgehead atoms. The summed E-state index contributed by atoms with van der Waals surface area (Å²) in [6, 6.07) is 5.27. The second-order valence-electron chi connectivity index (χ2n) is 3.93. The lowest BCUT2D eigenvalue weighted by Crippen LogP contribution is -3.00. The van der Waals surface area contributed by atoms with Crippen LogP contribution < -0.4 is 17.0 Å². The molecule has 6 heteroatoms. The summed E-state index contributed by atoms with van der Waals surface area (Å²) in [5.74, 6) is -0.645. The third kappa shape index (κ3) is 2.11. The summed E-state index contributed by atoms with van der Waals surface area (Å²) >= 11 is 0. The summed E-state index contributed by atoms with van der Waals surface area (Å²) in [6.45, 7) is 1.86. The largest absolute Gasteiger partial charge is 1.00 e. The zero-order valence-corrected chi connectivity index (χ0v) is 10.4. The Bertz CT molecular complexity index is 558. The standard InChI is InChI=1S/C11H12F3N2.ClH/c1-7-4-5-8-9(6-7)16(3)10(15(8)2)11(12,13)14;/h4-6H,1-3H3;1H/q+1;/p-1. The fourth-order valence-electron chi connectivity index (χ4n) is 2.02. The Morgan fingerprint density at radius 2 is 1.82 bits per heavy atom. The van der Waals surface area contributed by atoms with Gasteiger partial charge in [-0.1, -0.05) is 6.07 Å². The lowest BCUT2D eigenvalue weighted by Gasteiger charge is -2.01. The first-order valence-electron chi connectivity index (χ1n) is 4.84. The van der Waals surface area contributed by atoms with Crippen LogP contribution in [0.15, 0.2) is 18.2 Å². The number of fused-ring (bicyclic) bond motifs is 1. The minimum absolute atomic E-state index is 0. The van der Waals surface area contributed by atoms with Gasteiger partial charge < -0.3 is 12.4 Å². The van der Waals surface area contributed by atoms with Crippen molar-refractivity contribution in [2.75, 3.05) is 0 Å². The maximum atomic E-state index is 12.8. The molecule has 0 saturated heterocycles. The van der Waals surface area contributed by atoms with Crippen LogP contribution in [0.3, 0.4) is 0 Å². The molecule has 0 aliphatic rings. The van der Waals surface area contributed by atoms with Gasteiger partial charge in [0.25, 0.3) is 0 Å². The Labute approximate surface area is 103 Å². The van der Waals surface area contributed by atoms with Gasteiger partial charge in [0.15, 0.2) is 11.0 Å². The van der Waals surface area contributed by atoms with Gasteiger partial charge in [0, 0.05) is 0 Å². The fourth-order valence-corrected chi connectivity index (χ4v) is 2.02. The van der Waals surface area contributed by atoms with Crippen molar-refractivity contribution in [3.8, 4) is 0 Å². The van der Waals surface area contributed by atoms with E-state index in [1.54, 1.807) is 12.1 Å². The topological polar surface area (TPSA) is 8.81 Å². The van der Waals surface area contributed by atoms with Gasteiger partial charge in [-0.25, -0.2) is 9.13 Å². The number of benzene rings is 1. The normalized spacial score (nSPS) is 11.6. The molecule has 0 atom stereocenters. The van der Waals surface area contributed by atoms with Crippen molar-refractivity contribution in [3.63, 3.8) is 0 Å². The number of nitrogens with zero attached hydrogens (tertiary/aromatic N) is 2. The summed E-state index contributed by atoms with van der Waals surface area (Å²) in [7, 11) is 2.87. The van der Waals surface area contributed by atoms with E-state index in [4.69, 9.17) is 0 Å². The molecule has 2 aromatic rings. The van der Waals surface area contributed by atoms with E-state index < -0.39 is 12.0 Å². The van der Waals surface area contributed by atoms with Gasteiger partial charge in [0.2, 0.25) is 0 Å². The minimum atomic E-state index is -4.34. The molecule has 1 aromatic heterocycles. The smallest absolute Gasteiger partial charge is 0.495 e. The second-order valence-corrected chi connectivity index (χ2v) is 3.93. The Balaban J connectivity index is 0.00000144. The summed E-state index contributed by atoms with van der Waals surface area (Å²) in [5.41, 5.74) is 2.12. The molecule has 0 aliphatic carbocycles. The number of imidazole rings is 1. The van der Waals surface area contributed by atoms with E-state index in [0.717, 1.165) is 5.56 Å². The lowest BCUT2D eigenvalue weighted by molar-refractivity contribution is -0.667. The summed E-state index contributed by atoms with van der Waals surface area (Å²) in [5, 5.41) is 0. The number of hydrogen-bond acceptors (Lipinski definition) is 0. The zero-order valence-electron chi connectivity index (χ0n) is 9.64. The van der Waals surface area contributed by atoms with Crippen LogP contribution >= 0.6 is 0 Å². The Kier molecular flexibility index (Phi) is 3.43. The Morgan fingerprint density at radius 3 is 2.35 bits per heavy atom. The first-order valence-corrected chi connectivity index (χ1v) is 4.84. The molecule has 0 aliphatic heterocycles. The molecule has 0 amide bonds. The Hall–Kier alpha value is -1.23. The first-order chi connectivity index (χ1) is 7.32. The van der Waals surface area contributed by atoms with E-state index in [2.05, 4.69) is 0 Å². The molecule has 1 heterocycles. The number of aryl methyl sites for hydroxylation is 3. The van der Waals surface area contributed by atoms with Crippen LogP contribution in [0.25, 0.3) is 11.0 Å². The van der Waals surface area contributed by atoms with Crippen LogP contribution in [-0.4, -0.2) is 4.57 Å². The molecule has 0 spiro atoms. The van der Waals surface area contributed by atoms with E-state index in [1.807, 2.05) is 13.0 Å². The molecular formula is C11H12ClF3N2. The molecule has 2 nitrogen and oxygen atoms in total. The maximum absolute atomic E-state index is 12.8. The van der Waals surface area contributed by atoms with Gasteiger partial charge in [-0.2, -0.15) is 13.2 Å². The van der Waals surface area contributed by atoms with Crippen LogP contribution in [0.4, 0.5) is 13.2 Å². The van der Waals surface area contributed by atoms with E-state index >= 15 is 0 Å². The highest BCUT2D eigenvalue weighted by Gasteiger charge is 2.45. The zero-order chi connectivity index (χ0) is 12.1. The summed E-state index contributed by atoms with van der Waals surface area (Å²) in [4.78, 5) is 0. The molecule has 0 N–H and O–H groups in total. The molecule has 17 heavy (non-hydrogen) atoms. The van der Waals surface area contributed by atoms with Crippen LogP contribution in [0, 0.1) is 6.92 Å². The van der Waals surface area contributed by atoms with Gasteiger partial charge in [-0.05, 0) is 24.6 Å². The van der Waals surface area contributed by atoms with Crippen molar-refractivity contribution < 1.29 is 30.1 Å². The first kappa shape index (κ1) is 13.8. The van der Waals surface area contributed by atoms with E-state index in [-0.39, 0.29) is 12.4 Å². The van der Waals surface area contributed by atoms with Crippen molar-refractivity contribution in [1.29, 1.82) is 0 Å². The Morgan fingerprint density at radius 1 is 1.24 bits per heavy atom. The molecule has 0 saturated carbocycles. The molecule has 0 fully saturated rings. The van der Waals surface area contributed by atoms with Crippen molar-refractivity contribution >= 4 is 11.0 Å². The molecule has 94 valence electrons. The van der Waals surface area contributed by atoms with Gasteiger partial charge in [-0.3, -0.25) is 0 Å². The van der Waals surface area contributed by atoms with Gasteiger partial charge in [-0.15, -0.1) is 0 Å². The number of halogens is 4. The van der Waals surface area contributed by atoms with Crippen molar-refractivity contribution in [2.45, 2.75) is 13.1 Å². The summed E-state index contributed by atoms with van der Waals surface area (Å²) < 4.78 is 40.8. The second kappa shape index (κ2) is 4.22. The molecule has 0 radical (unpaired) electrons. The number of alkyl halides is 3. The van der Waals surface area contributed by atoms with E-state index in [9.17, 15) is 13.2 Å². The monoisotopic (exact) mass is 264 g/mol. The predicted molar refractivity (Wildman–Crippen MR) is 53.8 cm³/mol. The number of rotatable bonds is 0. The third-order valence-electron chi connectivity index (χ3n) is 2.74. The van der Waals surface area contributed by atoms with Crippen LogP contribution in [0.2, 0.25) is 0 Å². The van der Waals surface area contributed by atoms with Crippen molar-refractivity contribution in [3.05, 3.63) is 29.6 Å². The van der Waals surface area contributed by atoms with Gasteiger partial charge in [0.05, 0.1) is 14.1 Å². The SMILES string of the molecule is Cc1ccc2c(c1)n(C)c(C(F)(F)F)[n+]2C.[Cl-]. The minimum Gasteiger partial charge on any atom is -1.00 e. The van der Waals surface area contributed by atoms with Gasteiger partial charge in [0.1, 0.15) is 0 Å². The summed E-state index contributed by atoms with van der Waals surface area (Å²) in [6.07, 6.45) is -4.34. The molecular weight excluding hydrogens is 253 g/mol. The van der Waals surface area contributed by atoms with Crippen molar-refractivity contribution in [1.82, 2.24) is 4.57 Å².